The van der Waals surface area contributed by atoms with Crippen molar-refractivity contribution in [2.45, 2.75) is 48.1 Å². The maximum Gasteiger partial charge on any atom is 0.240 e. The highest BCUT2D eigenvalue weighted by atomic mass is 32.2. The summed E-state index contributed by atoms with van der Waals surface area (Å²) in [4.78, 5) is 0.0605. The van der Waals surface area contributed by atoms with Gasteiger partial charge in [-0.05, 0) is 43.2 Å². The molecule has 0 bridgehead atoms. The fourth-order valence-corrected chi connectivity index (χ4v) is 5.55. The van der Waals surface area contributed by atoms with Gasteiger partial charge in [-0.3, -0.25) is 0 Å². The number of methoxy groups -OCH3 is 1. The van der Waals surface area contributed by atoms with Crippen molar-refractivity contribution in [2.75, 3.05) is 7.11 Å². The standard InChI is InChI=1S/C19H24N2O5S2/c1-26-19-9-5-2-6-15(19)14-20-27(22,23)17-10-12-18(13-11-17)28(24,25)21-16-7-3-4-8-16/h2,5-6,9-13,16,20-21H,3-4,7-8,14H2,1H3. The molecule has 1 fully saturated rings. The molecule has 0 heterocycles. The van der Waals surface area contributed by atoms with Crippen LogP contribution in [0.2, 0.25) is 0 Å². The molecule has 1 aliphatic rings. The van der Waals surface area contributed by atoms with Crippen LogP contribution in [0.5, 0.6) is 5.75 Å². The molecule has 7 nitrogen and oxygen atoms in total. The number of para-hydroxylation sites is 1. The Kier molecular flexibility index (Phi) is 6.39. The highest BCUT2D eigenvalue weighted by molar-refractivity contribution is 7.90. The molecule has 0 spiro atoms. The van der Waals surface area contributed by atoms with Crippen LogP contribution in [-0.2, 0) is 26.6 Å². The van der Waals surface area contributed by atoms with Crippen LogP contribution >= 0.6 is 0 Å². The predicted octanol–water partition coefficient (Wildman–Crippen LogP) is 2.39. The third-order valence-corrected chi connectivity index (χ3v) is 7.72. The summed E-state index contributed by atoms with van der Waals surface area (Å²) in [5.41, 5.74) is 0.702. The summed E-state index contributed by atoms with van der Waals surface area (Å²) in [5.74, 6) is 0.588. The quantitative estimate of drug-likeness (QED) is 0.678. The number of rotatable bonds is 8. The maximum atomic E-state index is 12.5. The predicted molar refractivity (Wildman–Crippen MR) is 106 cm³/mol. The zero-order valence-corrected chi connectivity index (χ0v) is 17.2. The van der Waals surface area contributed by atoms with Crippen molar-refractivity contribution in [1.29, 1.82) is 0 Å². The fourth-order valence-electron chi connectivity index (χ4n) is 3.23. The highest BCUT2D eigenvalue weighted by Crippen LogP contribution is 2.22. The topological polar surface area (TPSA) is 102 Å². The summed E-state index contributed by atoms with van der Waals surface area (Å²) >= 11 is 0. The molecule has 0 radical (unpaired) electrons. The zero-order valence-electron chi connectivity index (χ0n) is 15.6. The Morgan fingerprint density at radius 2 is 1.46 bits per heavy atom. The Bertz CT molecular complexity index is 1010. The summed E-state index contributed by atoms with van der Waals surface area (Å²) in [6.45, 7) is 0.0651. The second-order valence-electron chi connectivity index (χ2n) is 6.71. The number of hydrogen-bond acceptors (Lipinski definition) is 5. The lowest BCUT2D eigenvalue weighted by Crippen LogP contribution is -2.32. The molecule has 2 aromatic rings. The van der Waals surface area contributed by atoms with E-state index in [1.54, 1.807) is 24.3 Å². The van der Waals surface area contributed by atoms with Gasteiger partial charge < -0.3 is 4.74 Å². The molecule has 0 unspecified atom stereocenters. The Hall–Kier alpha value is -1.94. The summed E-state index contributed by atoms with van der Waals surface area (Å²) in [6, 6.07) is 12.3. The van der Waals surface area contributed by atoms with Crippen molar-refractivity contribution in [3.8, 4) is 5.75 Å². The molecule has 0 saturated heterocycles. The Morgan fingerprint density at radius 3 is 2.07 bits per heavy atom. The zero-order chi connectivity index (χ0) is 20.2. The van der Waals surface area contributed by atoms with Gasteiger partial charge in [0.1, 0.15) is 5.75 Å². The second kappa shape index (κ2) is 8.60. The van der Waals surface area contributed by atoms with Crippen molar-refractivity contribution in [2.24, 2.45) is 0 Å². The van der Waals surface area contributed by atoms with Crippen molar-refractivity contribution in [3.63, 3.8) is 0 Å². The van der Waals surface area contributed by atoms with Crippen LogP contribution in [0.25, 0.3) is 0 Å². The Labute approximate surface area is 166 Å². The minimum Gasteiger partial charge on any atom is -0.496 e. The Balaban J connectivity index is 1.71. The molecule has 0 aliphatic heterocycles. The van der Waals surface area contributed by atoms with E-state index in [2.05, 4.69) is 9.44 Å². The smallest absolute Gasteiger partial charge is 0.240 e. The molecule has 0 aromatic heterocycles. The van der Waals surface area contributed by atoms with Gasteiger partial charge in [-0.2, -0.15) is 0 Å². The van der Waals surface area contributed by atoms with Crippen LogP contribution in [0.15, 0.2) is 58.3 Å². The van der Waals surface area contributed by atoms with E-state index < -0.39 is 20.0 Å². The molecule has 28 heavy (non-hydrogen) atoms. The van der Waals surface area contributed by atoms with Crippen LogP contribution in [0.3, 0.4) is 0 Å². The van der Waals surface area contributed by atoms with Crippen LogP contribution in [0.4, 0.5) is 0 Å². The lowest BCUT2D eigenvalue weighted by molar-refractivity contribution is 0.409. The van der Waals surface area contributed by atoms with Gasteiger partial charge in [0.2, 0.25) is 20.0 Å². The van der Waals surface area contributed by atoms with Gasteiger partial charge in [-0.1, -0.05) is 31.0 Å². The normalized spacial score (nSPS) is 15.6. The first-order valence-electron chi connectivity index (χ1n) is 9.06. The number of nitrogens with one attached hydrogen (secondary N) is 2. The van der Waals surface area contributed by atoms with E-state index >= 15 is 0 Å². The van der Waals surface area contributed by atoms with Crippen molar-refractivity contribution in [1.82, 2.24) is 9.44 Å². The monoisotopic (exact) mass is 424 g/mol. The van der Waals surface area contributed by atoms with Gasteiger partial charge in [0.05, 0.1) is 16.9 Å². The minimum atomic E-state index is -3.79. The van der Waals surface area contributed by atoms with Gasteiger partial charge in [0.15, 0.2) is 0 Å². The number of benzene rings is 2. The summed E-state index contributed by atoms with van der Waals surface area (Å²) in [5, 5.41) is 0. The van der Waals surface area contributed by atoms with E-state index in [0.717, 1.165) is 25.7 Å². The molecule has 1 saturated carbocycles. The van der Waals surface area contributed by atoms with Gasteiger partial charge in [-0.25, -0.2) is 26.3 Å². The first kappa shape index (κ1) is 20.8. The number of hydrogen-bond donors (Lipinski definition) is 2. The molecule has 0 atom stereocenters. The van der Waals surface area contributed by atoms with Gasteiger partial charge in [0, 0.05) is 18.2 Å². The van der Waals surface area contributed by atoms with E-state index in [0.29, 0.717) is 11.3 Å². The summed E-state index contributed by atoms with van der Waals surface area (Å²) in [6.07, 6.45) is 3.70. The average molecular weight is 425 g/mol. The Morgan fingerprint density at radius 1 is 0.893 bits per heavy atom. The molecule has 1 aliphatic carbocycles. The third-order valence-electron chi connectivity index (χ3n) is 4.77. The van der Waals surface area contributed by atoms with Crippen molar-refractivity contribution in [3.05, 3.63) is 54.1 Å². The first-order chi connectivity index (χ1) is 13.3. The molecule has 0 amide bonds. The van der Waals surface area contributed by atoms with E-state index in [1.165, 1.54) is 31.4 Å². The molecular formula is C19H24N2O5S2. The molecule has 9 heteroatoms. The van der Waals surface area contributed by atoms with Gasteiger partial charge in [0.25, 0.3) is 0 Å². The van der Waals surface area contributed by atoms with E-state index in [4.69, 9.17) is 4.74 Å². The fraction of sp³-hybridized carbons (Fsp3) is 0.368. The van der Waals surface area contributed by atoms with Gasteiger partial charge >= 0.3 is 0 Å². The summed E-state index contributed by atoms with van der Waals surface area (Å²) < 4.78 is 60.3. The molecule has 2 aromatic carbocycles. The minimum absolute atomic E-state index is 0.00205. The van der Waals surface area contributed by atoms with Crippen molar-refractivity contribution < 1.29 is 21.6 Å². The largest absolute Gasteiger partial charge is 0.496 e. The van der Waals surface area contributed by atoms with E-state index in [1.807, 2.05) is 0 Å². The average Bonchev–Trinajstić information content (AvgIpc) is 3.19. The van der Waals surface area contributed by atoms with Crippen LogP contribution in [-0.4, -0.2) is 30.0 Å². The van der Waals surface area contributed by atoms with E-state index in [9.17, 15) is 16.8 Å². The second-order valence-corrected chi connectivity index (χ2v) is 10.2. The number of sulfonamides is 2. The van der Waals surface area contributed by atoms with Gasteiger partial charge in [-0.15, -0.1) is 0 Å². The molecule has 3 rings (SSSR count). The molecular weight excluding hydrogens is 400 g/mol. The first-order valence-corrected chi connectivity index (χ1v) is 12.0. The van der Waals surface area contributed by atoms with Crippen LogP contribution < -0.4 is 14.2 Å². The SMILES string of the molecule is COc1ccccc1CNS(=O)(=O)c1ccc(S(=O)(=O)NC2CCCC2)cc1. The maximum absolute atomic E-state index is 12.5. The van der Waals surface area contributed by atoms with Crippen LogP contribution in [0, 0.1) is 0 Å². The van der Waals surface area contributed by atoms with Crippen LogP contribution in [0.1, 0.15) is 31.2 Å². The molecule has 152 valence electrons. The summed E-state index contributed by atoms with van der Waals surface area (Å²) in [7, 11) is -5.92. The number of ether oxygens (including phenoxy) is 1. The van der Waals surface area contributed by atoms with E-state index in [-0.39, 0.29) is 22.4 Å². The lowest BCUT2D eigenvalue weighted by atomic mass is 10.2. The van der Waals surface area contributed by atoms with Crippen molar-refractivity contribution >= 4 is 20.0 Å². The lowest BCUT2D eigenvalue weighted by Gasteiger charge is -2.13. The third kappa shape index (κ3) is 4.91. The molecule has 2 N–H and O–H groups in total. The highest BCUT2D eigenvalue weighted by Gasteiger charge is 2.23.